The van der Waals surface area contributed by atoms with Crippen molar-refractivity contribution in [3.8, 4) is 6.01 Å². The lowest BCUT2D eigenvalue weighted by Crippen LogP contribution is -2.31. The molecule has 0 unspecified atom stereocenters. The normalized spacial score (nSPS) is 14.2. The molecular formula is C30H39N5O4. The van der Waals surface area contributed by atoms with Gasteiger partial charge in [-0.1, -0.05) is 36.4 Å². The number of methoxy groups -OCH3 is 3. The zero-order valence-electron chi connectivity index (χ0n) is 23.3. The first-order valence-corrected chi connectivity index (χ1v) is 13.4. The molecule has 0 bridgehead atoms. The molecule has 0 radical (unpaired) electrons. The number of hydrogen-bond acceptors (Lipinski definition) is 8. The Morgan fingerprint density at radius 2 is 1.79 bits per heavy atom. The van der Waals surface area contributed by atoms with E-state index in [0.717, 1.165) is 53.6 Å². The molecule has 208 valence electrons. The largest absolute Gasteiger partial charge is 0.467 e. The molecule has 1 saturated carbocycles. The number of ether oxygens (including phenoxy) is 3. The summed E-state index contributed by atoms with van der Waals surface area (Å²) in [5, 5.41) is 7.46. The average molecular weight is 534 g/mol. The highest BCUT2D eigenvalue weighted by Crippen LogP contribution is 2.45. The molecular weight excluding hydrogens is 494 g/mol. The lowest BCUT2D eigenvalue weighted by Gasteiger charge is -2.19. The Balaban J connectivity index is 1.57. The first kappa shape index (κ1) is 28.5. The third kappa shape index (κ3) is 7.98. The third-order valence-corrected chi connectivity index (χ3v) is 6.81. The van der Waals surface area contributed by atoms with Crippen LogP contribution in [0.1, 0.15) is 42.9 Å². The van der Waals surface area contributed by atoms with Crippen molar-refractivity contribution in [3.05, 3.63) is 65.7 Å². The van der Waals surface area contributed by atoms with Gasteiger partial charge in [0.05, 0.1) is 25.8 Å². The molecule has 3 aromatic rings. The Hall–Kier alpha value is -3.53. The van der Waals surface area contributed by atoms with Crippen LogP contribution in [0, 0.1) is 0 Å². The highest BCUT2D eigenvalue weighted by Gasteiger charge is 2.28. The highest BCUT2D eigenvalue weighted by atomic mass is 16.5. The van der Waals surface area contributed by atoms with Gasteiger partial charge in [-0.3, -0.25) is 9.69 Å². The molecule has 1 aliphatic rings. The first-order chi connectivity index (χ1) is 19.0. The number of fused-ring (bicyclic) bond motifs is 1. The van der Waals surface area contributed by atoms with E-state index in [1.165, 1.54) is 0 Å². The molecule has 1 amide bonds. The van der Waals surface area contributed by atoms with E-state index < -0.39 is 0 Å². The third-order valence-electron chi connectivity index (χ3n) is 6.81. The van der Waals surface area contributed by atoms with Gasteiger partial charge in [-0.25, -0.2) is 0 Å². The minimum atomic E-state index is -0.170. The lowest BCUT2D eigenvalue weighted by molar-refractivity contribution is -0.111. The van der Waals surface area contributed by atoms with Gasteiger partial charge < -0.3 is 24.8 Å². The van der Waals surface area contributed by atoms with Gasteiger partial charge in [0.25, 0.3) is 0 Å². The second-order valence-corrected chi connectivity index (χ2v) is 9.74. The van der Waals surface area contributed by atoms with E-state index in [9.17, 15) is 4.79 Å². The number of benzene rings is 2. The molecule has 2 aromatic carbocycles. The van der Waals surface area contributed by atoms with Crippen LogP contribution in [0.4, 0.5) is 11.5 Å². The van der Waals surface area contributed by atoms with Gasteiger partial charge in [-0.05, 0) is 48.9 Å². The molecule has 1 aromatic heterocycles. The molecule has 39 heavy (non-hydrogen) atoms. The highest BCUT2D eigenvalue weighted by molar-refractivity contribution is 6.03. The lowest BCUT2D eigenvalue weighted by atomic mass is 10.0. The van der Waals surface area contributed by atoms with Crippen molar-refractivity contribution in [2.45, 2.75) is 31.7 Å². The molecule has 1 aliphatic carbocycles. The monoisotopic (exact) mass is 533 g/mol. The molecule has 1 heterocycles. The number of aromatic nitrogens is 2. The Morgan fingerprint density at radius 3 is 2.44 bits per heavy atom. The SMILES string of the molecule is COCCN(CC=CC(=O)Nc1cc2c(N[C@H](C)c3ccccc3)nc(OC)nc2cc1C1CC1)CCOC. The minimum absolute atomic E-state index is 0.0113. The fourth-order valence-electron chi connectivity index (χ4n) is 4.46. The van der Waals surface area contributed by atoms with Crippen LogP contribution >= 0.6 is 0 Å². The number of rotatable bonds is 15. The number of hydrogen-bond donors (Lipinski definition) is 2. The number of anilines is 2. The van der Waals surface area contributed by atoms with Gasteiger partial charge in [0.1, 0.15) is 5.82 Å². The van der Waals surface area contributed by atoms with E-state index in [1.54, 1.807) is 27.4 Å². The van der Waals surface area contributed by atoms with Crippen molar-refractivity contribution in [1.82, 2.24) is 14.9 Å². The molecule has 2 N–H and O–H groups in total. The number of nitrogens with one attached hydrogen (secondary N) is 2. The summed E-state index contributed by atoms with van der Waals surface area (Å²) in [5.41, 5.74) is 3.81. The molecule has 1 fully saturated rings. The van der Waals surface area contributed by atoms with E-state index in [1.807, 2.05) is 30.3 Å². The van der Waals surface area contributed by atoms with Crippen LogP contribution in [0.3, 0.4) is 0 Å². The molecule has 9 nitrogen and oxygen atoms in total. The van der Waals surface area contributed by atoms with Crippen LogP contribution in [0.25, 0.3) is 10.9 Å². The van der Waals surface area contributed by atoms with Gasteiger partial charge in [0.15, 0.2) is 0 Å². The quantitative estimate of drug-likeness (QED) is 0.270. The number of carbonyl (C=O) groups excluding carboxylic acids is 1. The summed E-state index contributed by atoms with van der Waals surface area (Å²) in [7, 11) is 4.94. The van der Waals surface area contributed by atoms with Gasteiger partial charge in [0.2, 0.25) is 5.91 Å². The summed E-state index contributed by atoms with van der Waals surface area (Å²) in [6.07, 6.45) is 5.66. The number of nitrogens with zero attached hydrogens (tertiary/aromatic N) is 3. The molecule has 0 saturated heterocycles. The average Bonchev–Trinajstić information content (AvgIpc) is 3.80. The summed E-state index contributed by atoms with van der Waals surface area (Å²) in [5.74, 6) is 0.901. The maximum atomic E-state index is 13.0. The fourth-order valence-corrected chi connectivity index (χ4v) is 4.46. The summed E-state index contributed by atoms with van der Waals surface area (Å²) >= 11 is 0. The van der Waals surface area contributed by atoms with Crippen molar-refractivity contribution in [1.29, 1.82) is 0 Å². The van der Waals surface area contributed by atoms with Gasteiger partial charge in [-0.15, -0.1) is 0 Å². The molecule has 1 atom stereocenters. The van der Waals surface area contributed by atoms with Gasteiger partial charge in [-0.2, -0.15) is 9.97 Å². The first-order valence-electron chi connectivity index (χ1n) is 13.4. The van der Waals surface area contributed by atoms with Crippen LogP contribution in [0.15, 0.2) is 54.6 Å². The van der Waals surface area contributed by atoms with E-state index >= 15 is 0 Å². The smallest absolute Gasteiger partial charge is 0.318 e. The molecule has 0 aliphatic heterocycles. The fraction of sp³-hybridized carbons (Fsp3) is 0.433. The van der Waals surface area contributed by atoms with Crippen molar-refractivity contribution in [2.24, 2.45) is 0 Å². The van der Waals surface area contributed by atoms with Gasteiger partial charge >= 0.3 is 6.01 Å². The predicted molar refractivity (Wildman–Crippen MR) is 155 cm³/mol. The van der Waals surface area contributed by atoms with Crippen molar-refractivity contribution in [3.63, 3.8) is 0 Å². The van der Waals surface area contributed by atoms with Crippen LogP contribution in [-0.2, 0) is 14.3 Å². The van der Waals surface area contributed by atoms with Crippen molar-refractivity contribution >= 4 is 28.3 Å². The Morgan fingerprint density at radius 1 is 1.08 bits per heavy atom. The summed E-state index contributed by atoms with van der Waals surface area (Å²) in [4.78, 5) is 24.4. The maximum Gasteiger partial charge on any atom is 0.318 e. The van der Waals surface area contributed by atoms with E-state index in [-0.39, 0.29) is 11.9 Å². The second-order valence-electron chi connectivity index (χ2n) is 9.74. The van der Waals surface area contributed by atoms with Crippen LogP contribution in [0.2, 0.25) is 0 Å². The second kappa shape index (κ2) is 14.0. The van der Waals surface area contributed by atoms with Crippen LogP contribution in [-0.4, -0.2) is 75.0 Å². The summed E-state index contributed by atoms with van der Waals surface area (Å²) < 4.78 is 15.8. The summed E-state index contributed by atoms with van der Waals surface area (Å²) in [6.45, 7) is 5.50. The number of carbonyl (C=O) groups is 1. The van der Waals surface area contributed by atoms with E-state index in [0.29, 0.717) is 37.5 Å². The minimum Gasteiger partial charge on any atom is -0.467 e. The van der Waals surface area contributed by atoms with Crippen LogP contribution < -0.4 is 15.4 Å². The maximum absolute atomic E-state index is 13.0. The molecule has 0 spiro atoms. The predicted octanol–water partition coefficient (Wildman–Crippen LogP) is 4.78. The molecule has 4 rings (SSSR count). The van der Waals surface area contributed by atoms with E-state index in [2.05, 4.69) is 50.6 Å². The van der Waals surface area contributed by atoms with Crippen LogP contribution in [0.5, 0.6) is 6.01 Å². The Bertz CT molecular complexity index is 1260. The number of amides is 1. The zero-order valence-corrected chi connectivity index (χ0v) is 23.3. The summed E-state index contributed by atoms with van der Waals surface area (Å²) in [6, 6.07) is 14.5. The van der Waals surface area contributed by atoms with E-state index in [4.69, 9.17) is 14.2 Å². The zero-order chi connectivity index (χ0) is 27.6. The standard InChI is InChI=1S/C30H39N5O4/c1-21(22-9-6-5-7-10-22)31-29-25-20-26(24(23-12-13-23)19-27(25)33-30(34-29)39-4)32-28(36)11-8-14-35(15-17-37-2)16-18-38-3/h5-11,19-21,23H,12-18H2,1-4H3,(H,32,36)(H,31,33,34)/t21-/m1/s1. The Labute approximate surface area is 230 Å². The Kier molecular flexibility index (Phi) is 10.2. The molecule has 9 heteroatoms. The van der Waals surface area contributed by atoms with Gasteiger partial charge in [0, 0.05) is 57.0 Å². The van der Waals surface area contributed by atoms with Crippen molar-refractivity contribution < 1.29 is 19.0 Å². The van der Waals surface area contributed by atoms with Crippen molar-refractivity contribution in [2.75, 3.05) is 64.8 Å². The topological polar surface area (TPSA) is 97.8 Å².